The minimum Gasteiger partial charge on any atom is -0.494 e. The average molecular weight is 221 g/mol. The summed E-state index contributed by atoms with van der Waals surface area (Å²) in [5.41, 5.74) is 7.32. The molecule has 0 bridgehead atoms. The van der Waals surface area contributed by atoms with Crippen molar-refractivity contribution in [3.8, 4) is 5.75 Å². The molecule has 0 aliphatic rings. The molecule has 0 spiro atoms. The van der Waals surface area contributed by atoms with E-state index in [9.17, 15) is 0 Å². The number of ether oxygens (including phenoxy) is 1. The molecule has 1 atom stereocenters. The maximum Gasteiger partial charge on any atom is 0.124 e. The highest BCUT2D eigenvalue weighted by Crippen LogP contribution is 2.27. The molecular formula is C14H23NO. The third-order valence-corrected chi connectivity index (χ3v) is 2.67. The van der Waals surface area contributed by atoms with E-state index in [1.54, 1.807) is 0 Å². The Bertz CT molecular complexity index is 309. The molecule has 2 N–H and O–H groups in total. The monoisotopic (exact) mass is 221 g/mol. The van der Waals surface area contributed by atoms with E-state index in [1.807, 2.05) is 25.1 Å². The molecular weight excluding hydrogens is 198 g/mol. The van der Waals surface area contributed by atoms with Crippen LogP contribution in [0.5, 0.6) is 5.75 Å². The number of hydrogen-bond acceptors (Lipinski definition) is 2. The van der Waals surface area contributed by atoms with Gasteiger partial charge in [0.05, 0.1) is 6.61 Å². The topological polar surface area (TPSA) is 35.2 Å². The number of nitrogens with two attached hydrogens (primary N) is 1. The first kappa shape index (κ1) is 13.0. The zero-order valence-electron chi connectivity index (χ0n) is 10.6. The van der Waals surface area contributed by atoms with Crippen LogP contribution in [0.1, 0.15) is 45.2 Å². The van der Waals surface area contributed by atoms with Crippen molar-refractivity contribution < 1.29 is 4.74 Å². The standard InChI is InChI=1S/C14H23NO/c1-4-16-14-8-6-5-7-12(14)13(15)10-9-11(2)3/h5-8,11,13H,4,9-10,15H2,1-3H3/t13-/m1/s1. The van der Waals surface area contributed by atoms with Crippen LogP contribution in [0.15, 0.2) is 24.3 Å². The van der Waals surface area contributed by atoms with Crippen molar-refractivity contribution in [2.45, 2.75) is 39.7 Å². The van der Waals surface area contributed by atoms with E-state index in [2.05, 4.69) is 19.9 Å². The van der Waals surface area contributed by atoms with Crippen LogP contribution < -0.4 is 10.5 Å². The minimum atomic E-state index is 0.0881. The predicted molar refractivity (Wildman–Crippen MR) is 68.6 cm³/mol. The molecule has 16 heavy (non-hydrogen) atoms. The van der Waals surface area contributed by atoms with Gasteiger partial charge in [0.1, 0.15) is 5.75 Å². The van der Waals surface area contributed by atoms with E-state index in [0.29, 0.717) is 12.5 Å². The molecule has 2 nitrogen and oxygen atoms in total. The first-order valence-electron chi connectivity index (χ1n) is 6.12. The summed E-state index contributed by atoms with van der Waals surface area (Å²) in [6.07, 6.45) is 2.17. The number of rotatable bonds is 6. The molecule has 1 rings (SSSR count). The van der Waals surface area contributed by atoms with Crippen molar-refractivity contribution in [1.82, 2.24) is 0 Å². The van der Waals surface area contributed by atoms with Crippen molar-refractivity contribution >= 4 is 0 Å². The first-order valence-corrected chi connectivity index (χ1v) is 6.12. The van der Waals surface area contributed by atoms with Crippen molar-refractivity contribution in [1.29, 1.82) is 0 Å². The lowest BCUT2D eigenvalue weighted by atomic mass is 9.98. The third kappa shape index (κ3) is 3.86. The molecule has 0 aliphatic carbocycles. The zero-order chi connectivity index (χ0) is 12.0. The van der Waals surface area contributed by atoms with E-state index in [0.717, 1.165) is 24.2 Å². The normalized spacial score (nSPS) is 12.8. The summed E-state index contributed by atoms with van der Waals surface area (Å²) >= 11 is 0. The van der Waals surface area contributed by atoms with E-state index in [-0.39, 0.29) is 6.04 Å². The van der Waals surface area contributed by atoms with Crippen LogP contribution in [0, 0.1) is 5.92 Å². The van der Waals surface area contributed by atoms with Gasteiger partial charge in [0.25, 0.3) is 0 Å². The van der Waals surface area contributed by atoms with E-state index < -0.39 is 0 Å². The Morgan fingerprint density at radius 3 is 2.50 bits per heavy atom. The molecule has 0 amide bonds. The van der Waals surface area contributed by atoms with Gasteiger partial charge in [-0.3, -0.25) is 0 Å². The van der Waals surface area contributed by atoms with Crippen molar-refractivity contribution in [2.24, 2.45) is 11.7 Å². The summed E-state index contributed by atoms with van der Waals surface area (Å²) in [5.74, 6) is 1.63. The lowest BCUT2D eigenvalue weighted by Gasteiger charge is -2.17. The number of hydrogen-bond donors (Lipinski definition) is 1. The van der Waals surface area contributed by atoms with Crippen molar-refractivity contribution in [3.63, 3.8) is 0 Å². The molecule has 0 aromatic heterocycles. The van der Waals surface area contributed by atoms with Gasteiger partial charge in [0.2, 0.25) is 0 Å². The second kappa shape index (κ2) is 6.54. The Kier molecular flexibility index (Phi) is 5.33. The summed E-state index contributed by atoms with van der Waals surface area (Å²) in [5, 5.41) is 0. The van der Waals surface area contributed by atoms with Crippen molar-refractivity contribution in [3.05, 3.63) is 29.8 Å². The van der Waals surface area contributed by atoms with E-state index in [4.69, 9.17) is 10.5 Å². The van der Waals surface area contributed by atoms with Crippen LogP contribution in [0.4, 0.5) is 0 Å². The van der Waals surface area contributed by atoms with Crippen LogP contribution in [0.25, 0.3) is 0 Å². The molecule has 0 heterocycles. The highest BCUT2D eigenvalue weighted by Gasteiger charge is 2.11. The van der Waals surface area contributed by atoms with E-state index >= 15 is 0 Å². The molecule has 0 fully saturated rings. The van der Waals surface area contributed by atoms with Gasteiger partial charge in [-0.2, -0.15) is 0 Å². The highest BCUT2D eigenvalue weighted by atomic mass is 16.5. The quantitative estimate of drug-likeness (QED) is 0.797. The van der Waals surface area contributed by atoms with Gasteiger partial charge in [-0.05, 0) is 31.7 Å². The fraction of sp³-hybridized carbons (Fsp3) is 0.571. The maximum absolute atomic E-state index is 6.19. The fourth-order valence-corrected chi connectivity index (χ4v) is 1.74. The van der Waals surface area contributed by atoms with E-state index in [1.165, 1.54) is 0 Å². The largest absolute Gasteiger partial charge is 0.494 e. The highest BCUT2D eigenvalue weighted by molar-refractivity contribution is 5.35. The summed E-state index contributed by atoms with van der Waals surface area (Å²) in [6, 6.07) is 8.16. The predicted octanol–water partition coefficient (Wildman–Crippen LogP) is 3.52. The van der Waals surface area contributed by atoms with Crippen LogP contribution in [0.2, 0.25) is 0 Å². The van der Waals surface area contributed by atoms with Gasteiger partial charge >= 0.3 is 0 Å². The molecule has 0 saturated heterocycles. The zero-order valence-corrected chi connectivity index (χ0v) is 10.6. The summed E-state index contributed by atoms with van der Waals surface area (Å²) in [7, 11) is 0. The van der Waals surface area contributed by atoms with Gasteiger partial charge in [0, 0.05) is 11.6 Å². The lowest BCUT2D eigenvalue weighted by molar-refractivity contribution is 0.332. The molecule has 1 aromatic rings. The Morgan fingerprint density at radius 2 is 1.88 bits per heavy atom. The van der Waals surface area contributed by atoms with Gasteiger partial charge in [-0.15, -0.1) is 0 Å². The Morgan fingerprint density at radius 1 is 1.19 bits per heavy atom. The fourth-order valence-electron chi connectivity index (χ4n) is 1.74. The lowest BCUT2D eigenvalue weighted by Crippen LogP contribution is -2.13. The SMILES string of the molecule is CCOc1ccccc1[C@H](N)CCC(C)C. The molecule has 2 heteroatoms. The Labute approximate surface area is 98.8 Å². The third-order valence-electron chi connectivity index (χ3n) is 2.67. The second-order valence-corrected chi connectivity index (χ2v) is 4.55. The first-order chi connectivity index (χ1) is 7.65. The summed E-state index contributed by atoms with van der Waals surface area (Å²) in [6.45, 7) is 7.13. The number of benzene rings is 1. The van der Waals surface area contributed by atoms with Gasteiger partial charge in [-0.25, -0.2) is 0 Å². The second-order valence-electron chi connectivity index (χ2n) is 4.55. The average Bonchev–Trinajstić information content (AvgIpc) is 2.27. The van der Waals surface area contributed by atoms with Gasteiger partial charge in [0.15, 0.2) is 0 Å². The van der Waals surface area contributed by atoms with Crippen LogP contribution >= 0.6 is 0 Å². The van der Waals surface area contributed by atoms with Gasteiger partial charge < -0.3 is 10.5 Å². The van der Waals surface area contributed by atoms with Crippen molar-refractivity contribution in [2.75, 3.05) is 6.61 Å². The molecule has 0 radical (unpaired) electrons. The maximum atomic E-state index is 6.19. The van der Waals surface area contributed by atoms with Crippen LogP contribution in [0.3, 0.4) is 0 Å². The Balaban J connectivity index is 2.69. The molecule has 0 unspecified atom stereocenters. The molecule has 90 valence electrons. The Hall–Kier alpha value is -1.02. The summed E-state index contributed by atoms with van der Waals surface area (Å²) < 4.78 is 5.58. The summed E-state index contributed by atoms with van der Waals surface area (Å²) in [4.78, 5) is 0. The minimum absolute atomic E-state index is 0.0881. The molecule has 0 aliphatic heterocycles. The smallest absolute Gasteiger partial charge is 0.124 e. The molecule has 0 saturated carbocycles. The number of para-hydroxylation sites is 1. The molecule has 1 aromatic carbocycles. The van der Waals surface area contributed by atoms with Gasteiger partial charge in [-0.1, -0.05) is 32.0 Å². The van der Waals surface area contributed by atoms with Crippen LogP contribution in [-0.2, 0) is 0 Å². The van der Waals surface area contributed by atoms with Crippen LogP contribution in [-0.4, -0.2) is 6.61 Å².